The maximum atomic E-state index is 11.9. The van der Waals surface area contributed by atoms with Crippen LogP contribution in [0.2, 0.25) is 0 Å². The number of Topliss-reactive ketones (excluding diaryl/α,β-unsaturated/α-hetero) is 1. The summed E-state index contributed by atoms with van der Waals surface area (Å²) in [7, 11) is 0. The summed E-state index contributed by atoms with van der Waals surface area (Å²) in [5, 5.41) is 0. The van der Waals surface area contributed by atoms with Crippen LogP contribution < -0.4 is 0 Å². The van der Waals surface area contributed by atoms with Gasteiger partial charge in [0.15, 0.2) is 5.78 Å². The lowest BCUT2D eigenvalue weighted by molar-refractivity contribution is 0.0962. The first-order chi connectivity index (χ1) is 7.39. The molecule has 84 valence electrons. The van der Waals surface area contributed by atoms with Gasteiger partial charge < -0.3 is 0 Å². The van der Waals surface area contributed by atoms with E-state index in [1.807, 2.05) is 25.1 Å². The molecule has 0 saturated heterocycles. The van der Waals surface area contributed by atoms with Crippen LogP contribution in [0.4, 0.5) is 5.69 Å². The van der Waals surface area contributed by atoms with Crippen molar-refractivity contribution in [2.45, 2.75) is 33.1 Å². The van der Waals surface area contributed by atoms with Gasteiger partial charge in [-0.2, -0.15) is 0 Å². The van der Waals surface area contributed by atoms with Crippen molar-refractivity contribution in [3.63, 3.8) is 0 Å². The summed E-state index contributed by atoms with van der Waals surface area (Å²) in [5.74, 6) is 0.0819. The molecule has 2 rings (SSSR count). The van der Waals surface area contributed by atoms with Gasteiger partial charge in [0, 0.05) is 11.8 Å². The molecule has 1 heterocycles. The number of fused-ring (bicyclic) bond motifs is 1. The lowest BCUT2D eigenvalue weighted by Gasteiger charge is -2.21. The van der Waals surface area contributed by atoms with Crippen LogP contribution in [-0.4, -0.2) is 12.0 Å². The van der Waals surface area contributed by atoms with Gasteiger partial charge >= 0.3 is 0 Å². The topological polar surface area (TPSA) is 29.4 Å². The van der Waals surface area contributed by atoms with Crippen molar-refractivity contribution < 1.29 is 4.79 Å². The molecule has 0 aromatic heterocycles. The minimum Gasteiger partial charge on any atom is -0.293 e. The average molecular weight is 215 g/mol. The van der Waals surface area contributed by atoms with Crippen molar-refractivity contribution >= 4 is 17.7 Å². The van der Waals surface area contributed by atoms with Crippen molar-refractivity contribution in [2.75, 3.05) is 0 Å². The highest BCUT2D eigenvalue weighted by molar-refractivity contribution is 6.11. The summed E-state index contributed by atoms with van der Waals surface area (Å²) in [4.78, 5) is 16.2. The molecule has 2 nitrogen and oxygen atoms in total. The van der Waals surface area contributed by atoms with Gasteiger partial charge in [0.2, 0.25) is 0 Å². The van der Waals surface area contributed by atoms with E-state index in [4.69, 9.17) is 0 Å². The maximum Gasteiger partial charge on any atom is 0.173 e. The molecule has 0 amide bonds. The molecule has 16 heavy (non-hydrogen) atoms. The van der Waals surface area contributed by atoms with Crippen LogP contribution in [0, 0.1) is 5.92 Å². The van der Waals surface area contributed by atoms with Crippen LogP contribution in [0.5, 0.6) is 0 Å². The normalized spacial score (nSPS) is 19.8. The van der Waals surface area contributed by atoms with Crippen LogP contribution in [0.25, 0.3) is 0 Å². The van der Waals surface area contributed by atoms with Gasteiger partial charge in [-0.15, -0.1) is 0 Å². The second-order valence-corrected chi connectivity index (χ2v) is 5.41. The first-order valence-corrected chi connectivity index (χ1v) is 5.62. The summed E-state index contributed by atoms with van der Waals surface area (Å²) in [6.07, 6.45) is 1.73. The van der Waals surface area contributed by atoms with E-state index >= 15 is 0 Å². The molecule has 2 heteroatoms. The van der Waals surface area contributed by atoms with E-state index in [9.17, 15) is 4.79 Å². The molecule has 1 unspecified atom stereocenters. The fourth-order valence-electron chi connectivity index (χ4n) is 1.82. The van der Waals surface area contributed by atoms with E-state index in [1.54, 1.807) is 6.21 Å². The van der Waals surface area contributed by atoms with Crippen LogP contribution in [0.1, 0.15) is 43.6 Å². The van der Waals surface area contributed by atoms with Crippen molar-refractivity contribution in [3.05, 3.63) is 29.3 Å². The van der Waals surface area contributed by atoms with E-state index in [1.165, 1.54) is 5.56 Å². The summed E-state index contributed by atoms with van der Waals surface area (Å²) < 4.78 is 0. The van der Waals surface area contributed by atoms with Crippen molar-refractivity contribution in [3.8, 4) is 0 Å². The van der Waals surface area contributed by atoms with Gasteiger partial charge in [-0.3, -0.25) is 9.79 Å². The lowest BCUT2D eigenvalue weighted by atomic mass is 9.84. The molecule has 0 N–H and O–H groups in total. The summed E-state index contributed by atoms with van der Waals surface area (Å²) in [6, 6.07) is 5.96. The molecule has 0 spiro atoms. The Hall–Kier alpha value is -1.44. The quantitative estimate of drug-likeness (QED) is 0.651. The Kier molecular flexibility index (Phi) is 2.45. The first-order valence-electron chi connectivity index (χ1n) is 5.62. The van der Waals surface area contributed by atoms with Crippen molar-refractivity contribution in [1.29, 1.82) is 0 Å². The second-order valence-electron chi connectivity index (χ2n) is 5.41. The molecule has 0 bridgehead atoms. The minimum absolute atomic E-state index is 0.0898. The number of aliphatic imine (C=N–C) groups is 1. The van der Waals surface area contributed by atoms with E-state index in [-0.39, 0.29) is 17.1 Å². The van der Waals surface area contributed by atoms with Crippen molar-refractivity contribution in [1.82, 2.24) is 0 Å². The fraction of sp³-hybridized carbons (Fsp3) is 0.429. The van der Waals surface area contributed by atoms with Gasteiger partial charge in [0.05, 0.1) is 11.6 Å². The zero-order chi connectivity index (χ0) is 11.9. The zero-order valence-electron chi connectivity index (χ0n) is 10.2. The van der Waals surface area contributed by atoms with E-state index in [0.717, 1.165) is 11.3 Å². The van der Waals surface area contributed by atoms with E-state index in [0.29, 0.717) is 0 Å². The highest BCUT2D eigenvalue weighted by Crippen LogP contribution is 2.31. The third kappa shape index (κ3) is 1.80. The largest absolute Gasteiger partial charge is 0.293 e. The molecule has 1 atom stereocenters. The van der Waals surface area contributed by atoms with Crippen LogP contribution >= 0.6 is 0 Å². The third-order valence-corrected chi connectivity index (χ3v) is 2.98. The van der Waals surface area contributed by atoms with Gasteiger partial charge in [-0.1, -0.05) is 33.8 Å². The van der Waals surface area contributed by atoms with Crippen LogP contribution in [0.15, 0.2) is 23.2 Å². The number of hydrogen-bond acceptors (Lipinski definition) is 2. The number of benzene rings is 1. The Bertz CT molecular complexity index is 466. The average Bonchev–Trinajstić information content (AvgIpc) is 2.22. The Labute approximate surface area is 96.4 Å². The predicted molar refractivity (Wildman–Crippen MR) is 66.8 cm³/mol. The number of hydrogen-bond donors (Lipinski definition) is 0. The summed E-state index contributed by atoms with van der Waals surface area (Å²) >= 11 is 0. The summed E-state index contributed by atoms with van der Waals surface area (Å²) in [5.41, 5.74) is 2.88. The lowest BCUT2D eigenvalue weighted by Crippen LogP contribution is -2.17. The molecule has 1 aliphatic heterocycles. The van der Waals surface area contributed by atoms with Crippen molar-refractivity contribution in [2.24, 2.45) is 10.9 Å². The number of ketones is 1. The number of nitrogens with zero attached hydrogens (tertiary/aromatic N) is 1. The molecule has 0 saturated carbocycles. The number of rotatable bonds is 0. The SMILES string of the molecule is CC1C=Nc2cc(C(C)(C)C)ccc2C1=O. The Morgan fingerprint density at radius 1 is 1.25 bits per heavy atom. The smallest absolute Gasteiger partial charge is 0.173 e. The van der Waals surface area contributed by atoms with Gasteiger partial charge in [0.1, 0.15) is 0 Å². The van der Waals surface area contributed by atoms with E-state index < -0.39 is 0 Å². The monoisotopic (exact) mass is 215 g/mol. The molecule has 1 aliphatic rings. The summed E-state index contributed by atoms with van der Waals surface area (Å²) in [6.45, 7) is 8.36. The molecular weight excluding hydrogens is 198 g/mol. The highest BCUT2D eigenvalue weighted by atomic mass is 16.1. The number of carbonyl (C=O) groups is 1. The fourth-order valence-corrected chi connectivity index (χ4v) is 1.82. The second kappa shape index (κ2) is 3.55. The predicted octanol–water partition coefficient (Wildman–Crippen LogP) is 3.52. The van der Waals surface area contributed by atoms with Gasteiger partial charge in [-0.05, 0) is 23.1 Å². The van der Waals surface area contributed by atoms with Gasteiger partial charge in [0.25, 0.3) is 0 Å². The van der Waals surface area contributed by atoms with Gasteiger partial charge in [-0.25, -0.2) is 0 Å². The highest BCUT2D eigenvalue weighted by Gasteiger charge is 2.23. The Morgan fingerprint density at radius 2 is 1.94 bits per heavy atom. The molecule has 1 aromatic carbocycles. The Balaban J connectivity index is 2.52. The third-order valence-electron chi connectivity index (χ3n) is 2.98. The molecular formula is C14H17NO. The van der Waals surface area contributed by atoms with Crippen LogP contribution in [-0.2, 0) is 5.41 Å². The standard InChI is InChI=1S/C14H17NO/c1-9-8-15-12-7-10(14(2,3)4)5-6-11(12)13(9)16/h5-9H,1-4H3. The molecule has 1 aromatic rings. The zero-order valence-corrected chi connectivity index (χ0v) is 10.2. The minimum atomic E-state index is -0.0898. The molecule has 0 fully saturated rings. The molecule has 0 radical (unpaired) electrons. The Morgan fingerprint density at radius 3 is 2.56 bits per heavy atom. The molecule has 0 aliphatic carbocycles. The van der Waals surface area contributed by atoms with E-state index in [2.05, 4.69) is 25.8 Å². The first kappa shape index (κ1) is 11.1. The van der Waals surface area contributed by atoms with Crippen LogP contribution in [0.3, 0.4) is 0 Å². The number of carbonyl (C=O) groups excluding carboxylic acids is 1. The maximum absolute atomic E-state index is 11.9.